The molecule has 0 aromatic heterocycles. The van der Waals surface area contributed by atoms with Crippen LogP contribution in [-0.4, -0.2) is 39.9 Å². The van der Waals surface area contributed by atoms with E-state index in [1.54, 1.807) is 0 Å². The lowest BCUT2D eigenvalue weighted by atomic mass is 9.76. The Balaban J connectivity index is 0.000000795. The number of fused-ring (bicyclic) bond motifs is 4. The first-order valence-corrected chi connectivity index (χ1v) is 11.6. The summed E-state index contributed by atoms with van der Waals surface area (Å²) in [5.74, 6) is 1.20. The summed E-state index contributed by atoms with van der Waals surface area (Å²) in [6.07, 6.45) is 7.60. The van der Waals surface area contributed by atoms with Crippen LogP contribution in [0.4, 0.5) is 11.4 Å². The Morgan fingerprint density at radius 3 is 1.69 bits per heavy atom. The summed E-state index contributed by atoms with van der Waals surface area (Å²) >= 11 is 0. The number of carbonyl (C=O) groups is 2. The topological polar surface area (TPSA) is 59.1 Å². The molecule has 35 heavy (non-hydrogen) atoms. The highest BCUT2D eigenvalue weighted by Gasteiger charge is 2.53. The Bertz CT molecular complexity index is 1170. The first-order chi connectivity index (χ1) is 16.6. The van der Waals surface area contributed by atoms with E-state index in [4.69, 9.17) is 9.47 Å². The van der Waals surface area contributed by atoms with E-state index in [0.717, 1.165) is 28.1 Å². The quantitative estimate of drug-likeness (QED) is 0.525. The predicted octanol–water partition coefficient (Wildman–Crippen LogP) is 5.77. The second kappa shape index (κ2) is 10.2. The molecule has 0 radical (unpaired) electrons. The number of allylic oxidation sites excluding steroid dienone is 2. The molecule has 0 aliphatic carbocycles. The number of hydrogen-bond acceptors (Lipinski definition) is 6. The van der Waals surface area contributed by atoms with Crippen LogP contribution in [0.15, 0.2) is 71.8 Å². The summed E-state index contributed by atoms with van der Waals surface area (Å²) in [6, 6.07) is 12.1. The maximum Gasteiger partial charge on any atom is 0.340 e. The molecule has 0 N–H and O–H groups in total. The van der Waals surface area contributed by atoms with Gasteiger partial charge < -0.3 is 24.1 Å². The number of ketones is 1. The molecule has 2 aromatic carbocycles. The van der Waals surface area contributed by atoms with Crippen LogP contribution in [0.5, 0.6) is 11.5 Å². The van der Waals surface area contributed by atoms with Crippen LogP contribution in [0.3, 0.4) is 0 Å². The first kappa shape index (κ1) is 25.8. The van der Waals surface area contributed by atoms with Crippen LogP contribution in [0.25, 0.3) is 0 Å². The summed E-state index contributed by atoms with van der Waals surface area (Å²) in [6.45, 7) is 6.90. The van der Waals surface area contributed by atoms with E-state index in [1.807, 2.05) is 113 Å². The largest absolute Gasteiger partial charge is 0.456 e. The molecule has 184 valence electrons. The summed E-state index contributed by atoms with van der Waals surface area (Å²) in [7, 11) is 7.96. The molecule has 2 heterocycles. The van der Waals surface area contributed by atoms with E-state index < -0.39 is 5.60 Å². The van der Waals surface area contributed by atoms with Crippen molar-refractivity contribution in [2.45, 2.75) is 33.3 Å². The Kier molecular flexibility index (Phi) is 7.54. The van der Waals surface area contributed by atoms with Crippen molar-refractivity contribution in [2.24, 2.45) is 0 Å². The normalized spacial score (nSPS) is 15.4. The molecule has 2 aliphatic heterocycles. The van der Waals surface area contributed by atoms with Crippen LogP contribution in [-0.2, 0) is 19.9 Å². The third kappa shape index (κ3) is 4.74. The second-order valence-corrected chi connectivity index (χ2v) is 9.06. The molecular formula is C29H34N2O4. The number of anilines is 2. The van der Waals surface area contributed by atoms with Crippen molar-refractivity contribution in [1.82, 2.24) is 0 Å². The Hall–Kier alpha value is -3.80. The van der Waals surface area contributed by atoms with E-state index in [9.17, 15) is 9.59 Å². The molecule has 1 spiro atoms. The molecule has 0 saturated heterocycles. The Morgan fingerprint density at radius 1 is 0.829 bits per heavy atom. The van der Waals surface area contributed by atoms with Gasteiger partial charge >= 0.3 is 5.97 Å². The van der Waals surface area contributed by atoms with Crippen molar-refractivity contribution in [1.29, 1.82) is 0 Å². The zero-order chi connectivity index (χ0) is 25.9. The highest BCUT2D eigenvalue weighted by Crippen LogP contribution is 2.57. The molecule has 2 aromatic rings. The molecule has 6 nitrogen and oxygen atoms in total. The lowest BCUT2D eigenvalue weighted by Crippen LogP contribution is -2.34. The maximum absolute atomic E-state index is 13.1. The first-order valence-electron chi connectivity index (χ1n) is 11.6. The van der Waals surface area contributed by atoms with Gasteiger partial charge in [0.15, 0.2) is 5.60 Å². The van der Waals surface area contributed by atoms with Gasteiger partial charge in [0.2, 0.25) is 0 Å². The van der Waals surface area contributed by atoms with Gasteiger partial charge in [-0.1, -0.05) is 24.3 Å². The fourth-order valence-corrected chi connectivity index (χ4v) is 4.24. The van der Waals surface area contributed by atoms with Gasteiger partial charge in [0.25, 0.3) is 0 Å². The molecule has 0 atom stereocenters. The van der Waals surface area contributed by atoms with Crippen LogP contribution >= 0.6 is 0 Å². The number of hydrogen-bond donors (Lipinski definition) is 0. The Morgan fingerprint density at radius 2 is 1.29 bits per heavy atom. The summed E-state index contributed by atoms with van der Waals surface area (Å²) < 4.78 is 12.6. The van der Waals surface area contributed by atoms with E-state index in [0.29, 0.717) is 17.1 Å². The van der Waals surface area contributed by atoms with Gasteiger partial charge in [0, 0.05) is 68.4 Å². The molecule has 0 amide bonds. The van der Waals surface area contributed by atoms with Gasteiger partial charge in [-0.05, 0) is 52.0 Å². The summed E-state index contributed by atoms with van der Waals surface area (Å²) in [5.41, 5.74) is 3.99. The number of carbonyl (C=O) groups excluding carboxylic acids is 2. The number of benzene rings is 2. The van der Waals surface area contributed by atoms with Gasteiger partial charge in [0.05, 0.1) is 5.57 Å². The van der Waals surface area contributed by atoms with Gasteiger partial charge in [-0.25, -0.2) is 4.79 Å². The molecule has 0 saturated carbocycles. The van der Waals surface area contributed by atoms with Crippen molar-refractivity contribution in [3.05, 3.63) is 83.0 Å². The number of nitrogens with zero attached hydrogens (tertiary/aromatic N) is 2. The molecule has 0 bridgehead atoms. The van der Waals surface area contributed by atoms with Gasteiger partial charge in [-0.15, -0.1) is 0 Å². The summed E-state index contributed by atoms with van der Waals surface area (Å²) in [4.78, 5) is 26.6. The SMILES string of the molecule is C/C=C\C1=C(/C=C\C)C2(OC1=O)c1ccc(N(C)C)cc1Oc1cc(N(C)C)ccc12.CC(C)=O. The molecule has 4 rings (SSSR count). The van der Waals surface area contributed by atoms with E-state index in [-0.39, 0.29) is 11.8 Å². The van der Waals surface area contributed by atoms with Crippen LogP contribution in [0, 0.1) is 0 Å². The number of ether oxygens (including phenoxy) is 2. The second-order valence-electron chi connectivity index (χ2n) is 9.06. The Labute approximate surface area is 208 Å². The summed E-state index contributed by atoms with van der Waals surface area (Å²) in [5, 5.41) is 0. The minimum atomic E-state index is -1.06. The number of esters is 1. The minimum Gasteiger partial charge on any atom is -0.456 e. The van der Waals surface area contributed by atoms with Gasteiger partial charge in [0.1, 0.15) is 17.3 Å². The average Bonchev–Trinajstić information content (AvgIpc) is 3.05. The lowest BCUT2D eigenvalue weighted by Gasteiger charge is -2.38. The van der Waals surface area contributed by atoms with Crippen molar-refractivity contribution < 1.29 is 19.1 Å². The highest BCUT2D eigenvalue weighted by molar-refractivity contribution is 5.98. The molecule has 0 unspecified atom stereocenters. The standard InChI is InChI=1S/C26H28N2O3.C3H6O/c1-7-9-19-20(10-8-2)26(31-25(19)29)21-13-11-17(27(3)4)15-23(21)30-24-16-18(28(5)6)12-14-22(24)26;1-3(2)4/h7-16H,1-6H3;1-2H3/b9-7-,10-8-;. The van der Waals surface area contributed by atoms with Crippen molar-refractivity contribution >= 4 is 23.1 Å². The van der Waals surface area contributed by atoms with Crippen LogP contribution in [0.1, 0.15) is 38.8 Å². The average molecular weight is 475 g/mol. The van der Waals surface area contributed by atoms with E-state index in [1.165, 1.54) is 13.8 Å². The molecule has 6 heteroatoms. The van der Waals surface area contributed by atoms with Gasteiger partial charge in [-0.2, -0.15) is 0 Å². The van der Waals surface area contributed by atoms with E-state index in [2.05, 4.69) is 0 Å². The zero-order valence-electron chi connectivity index (χ0n) is 21.8. The fraction of sp³-hybridized carbons (Fsp3) is 0.310. The molecular weight excluding hydrogens is 440 g/mol. The third-order valence-electron chi connectivity index (χ3n) is 5.74. The monoisotopic (exact) mass is 474 g/mol. The lowest BCUT2D eigenvalue weighted by molar-refractivity contribution is -0.144. The molecule has 2 aliphatic rings. The fourth-order valence-electron chi connectivity index (χ4n) is 4.24. The maximum atomic E-state index is 13.1. The third-order valence-corrected chi connectivity index (χ3v) is 5.74. The highest BCUT2D eigenvalue weighted by atomic mass is 16.6. The van der Waals surface area contributed by atoms with Crippen molar-refractivity contribution in [3.8, 4) is 11.5 Å². The predicted molar refractivity (Wildman–Crippen MR) is 141 cm³/mol. The minimum absolute atomic E-state index is 0.167. The van der Waals surface area contributed by atoms with E-state index >= 15 is 0 Å². The zero-order valence-corrected chi connectivity index (χ0v) is 21.8. The van der Waals surface area contributed by atoms with Crippen LogP contribution in [0.2, 0.25) is 0 Å². The van der Waals surface area contributed by atoms with Crippen LogP contribution < -0.4 is 14.5 Å². The number of Topliss-reactive ketones (excluding diaryl/α,β-unsaturated/α-hetero) is 1. The number of rotatable bonds is 4. The van der Waals surface area contributed by atoms with Gasteiger partial charge in [-0.3, -0.25) is 0 Å². The van der Waals surface area contributed by atoms with Crippen molar-refractivity contribution in [3.63, 3.8) is 0 Å². The smallest absolute Gasteiger partial charge is 0.340 e. The molecule has 0 fully saturated rings. The van der Waals surface area contributed by atoms with Crippen molar-refractivity contribution in [2.75, 3.05) is 38.0 Å².